The third-order valence-electron chi connectivity index (χ3n) is 6.35. The maximum Gasteiger partial charge on any atom is 0.235 e. The van der Waals surface area contributed by atoms with Crippen molar-refractivity contribution in [2.75, 3.05) is 44.4 Å². The second kappa shape index (κ2) is 10.4. The predicted octanol–water partition coefficient (Wildman–Crippen LogP) is 1.84. The third kappa shape index (κ3) is 5.37. The summed E-state index contributed by atoms with van der Waals surface area (Å²) in [7, 11) is 1.53. The van der Waals surface area contributed by atoms with Crippen molar-refractivity contribution < 1.29 is 19.0 Å². The average Bonchev–Trinajstić information content (AvgIpc) is 3.21. The number of amides is 1. The lowest BCUT2D eigenvalue weighted by Crippen LogP contribution is -2.30. The number of nitrogens with one attached hydrogen (secondary N) is 2. The van der Waals surface area contributed by atoms with E-state index in [1.165, 1.54) is 25.1 Å². The number of hydrogen-bond acceptors (Lipinski definition) is 9. The molecule has 184 valence electrons. The molecule has 2 aliphatic heterocycles. The van der Waals surface area contributed by atoms with Crippen LogP contribution in [0.3, 0.4) is 0 Å². The van der Waals surface area contributed by atoms with Gasteiger partial charge in [0.05, 0.1) is 46.8 Å². The highest BCUT2D eigenvalue weighted by atomic mass is 32.2. The fraction of sp³-hybridized carbons (Fsp3) is 0.417. The molecule has 0 bridgehead atoms. The van der Waals surface area contributed by atoms with Crippen LogP contribution in [0.1, 0.15) is 11.3 Å². The highest BCUT2D eigenvalue weighted by Crippen LogP contribution is 2.29. The smallest absolute Gasteiger partial charge is 0.235 e. The van der Waals surface area contributed by atoms with E-state index in [-0.39, 0.29) is 17.6 Å². The van der Waals surface area contributed by atoms with Crippen molar-refractivity contribution in [3.8, 4) is 5.88 Å². The number of β-amino-alcohol motifs (C(OH)–C–C–N with tert-alkyl or cyclic N) is 1. The molecule has 1 fully saturated rings. The average molecular weight is 499 g/mol. The topological polar surface area (TPSA) is 112 Å². The van der Waals surface area contributed by atoms with Gasteiger partial charge in [0, 0.05) is 50.3 Å². The zero-order valence-corrected chi connectivity index (χ0v) is 20.1. The van der Waals surface area contributed by atoms with Crippen LogP contribution in [0.15, 0.2) is 35.4 Å². The van der Waals surface area contributed by atoms with Crippen LogP contribution in [0.25, 0.3) is 11.0 Å². The van der Waals surface area contributed by atoms with E-state index in [9.17, 15) is 14.3 Å². The number of pyridine rings is 3. The minimum Gasteiger partial charge on any atom is -0.481 e. The van der Waals surface area contributed by atoms with E-state index in [4.69, 9.17) is 4.74 Å². The molecule has 5 rings (SSSR count). The summed E-state index contributed by atoms with van der Waals surface area (Å²) in [6, 6.07) is 7.40. The van der Waals surface area contributed by atoms with Gasteiger partial charge in [0.1, 0.15) is 11.6 Å². The number of anilines is 1. The fourth-order valence-corrected chi connectivity index (χ4v) is 5.27. The van der Waals surface area contributed by atoms with Gasteiger partial charge in [-0.15, -0.1) is 11.8 Å². The van der Waals surface area contributed by atoms with E-state index >= 15 is 0 Å². The number of carbonyl (C=O) groups excluding carboxylic acids is 1. The van der Waals surface area contributed by atoms with Gasteiger partial charge in [0.2, 0.25) is 11.8 Å². The number of likely N-dealkylation sites (tertiary alicyclic amines) is 1. The number of nitrogens with zero attached hydrogens (tertiary/aromatic N) is 4. The van der Waals surface area contributed by atoms with Crippen molar-refractivity contribution in [1.29, 1.82) is 0 Å². The lowest BCUT2D eigenvalue weighted by Gasteiger charge is -2.18. The quantitative estimate of drug-likeness (QED) is 0.428. The summed E-state index contributed by atoms with van der Waals surface area (Å²) in [4.78, 5) is 27.8. The molecule has 2 aliphatic rings. The van der Waals surface area contributed by atoms with E-state index in [1.807, 2.05) is 12.1 Å². The Labute approximate surface area is 206 Å². The molecule has 3 N–H and O–H groups in total. The van der Waals surface area contributed by atoms with Gasteiger partial charge in [0.15, 0.2) is 0 Å². The fourth-order valence-electron chi connectivity index (χ4n) is 4.51. The van der Waals surface area contributed by atoms with Gasteiger partial charge in [-0.25, -0.2) is 14.4 Å². The molecule has 35 heavy (non-hydrogen) atoms. The molecule has 0 unspecified atom stereocenters. The molecule has 0 spiro atoms. The molecule has 1 amide bonds. The number of fused-ring (bicyclic) bond motifs is 2. The van der Waals surface area contributed by atoms with Gasteiger partial charge in [-0.1, -0.05) is 0 Å². The van der Waals surface area contributed by atoms with Crippen molar-refractivity contribution in [2.45, 2.75) is 24.0 Å². The second-order valence-corrected chi connectivity index (χ2v) is 9.78. The zero-order chi connectivity index (χ0) is 24.4. The molecule has 0 aliphatic carbocycles. The molecule has 3 aromatic heterocycles. The number of methoxy groups -OCH3 is 1. The van der Waals surface area contributed by atoms with Crippen LogP contribution in [-0.4, -0.2) is 76.0 Å². The number of aliphatic hydroxyl groups is 1. The summed E-state index contributed by atoms with van der Waals surface area (Å²) in [6.07, 6.45) is 1.23. The largest absolute Gasteiger partial charge is 0.481 e. The van der Waals surface area contributed by atoms with Gasteiger partial charge in [-0.05, 0) is 24.6 Å². The minimum absolute atomic E-state index is 0.0381. The Morgan fingerprint density at radius 1 is 1.29 bits per heavy atom. The molecule has 11 heteroatoms. The van der Waals surface area contributed by atoms with E-state index in [2.05, 4.69) is 30.5 Å². The first-order chi connectivity index (χ1) is 17.0. The van der Waals surface area contributed by atoms with Crippen LogP contribution in [0.5, 0.6) is 5.88 Å². The molecule has 0 saturated carbocycles. The van der Waals surface area contributed by atoms with Crippen molar-refractivity contribution in [1.82, 2.24) is 25.2 Å². The molecule has 0 aromatic carbocycles. The Hall–Kier alpha value is -2.86. The summed E-state index contributed by atoms with van der Waals surface area (Å²) in [6.45, 7) is 3.02. The lowest BCUT2D eigenvalue weighted by atomic mass is 10.1. The first-order valence-electron chi connectivity index (χ1n) is 11.5. The van der Waals surface area contributed by atoms with Gasteiger partial charge < -0.3 is 25.4 Å². The van der Waals surface area contributed by atoms with Gasteiger partial charge >= 0.3 is 0 Å². The number of halogens is 1. The number of aliphatic hydroxyl groups excluding tert-OH is 1. The molecule has 5 heterocycles. The number of thioether (sulfide) groups is 1. The Kier molecular flexibility index (Phi) is 7.09. The van der Waals surface area contributed by atoms with E-state index in [1.54, 1.807) is 12.1 Å². The van der Waals surface area contributed by atoms with Gasteiger partial charge in [-0.3, -0.25) is 9.78 Å². The van der Waals surface area contributed by atoms with Crippen LogP contribution in [0.2, 0.25) is 0 Å². The highest BCUT2D eigenvalue weighted by Gasteiger charge is 2.31. The Bertz CT molecular complexity index is 1250. The molecule has 2 atom stereocenters. The van der Waals surface area contributed by atoms with E-state index < -0.39 is 6.10 Å². The minimum atomic E-state index is -0.466. The summed E-state index contributed by atoms with van der Waals surface area (Å²) < 4.78 is 19.8. The van der Waals surface area contributed by atoms with Crippen molar-refractivity contribution in [3.05, 3.63) is 47.5 Å². The summed E-state index contributed by atoms with van der Waals surface area (Å²) in [5, 5.41) is 16.8. The number of rotatable bonds is 8. The molecular weight excluding hydrogens is 471 g/mol. The monoisotopic (exact) mass is 498 g/mol. The standard InChI is InChI=1S/C24H27FN6O3S/c1-34-22-5-3-18-23(30-22)16(17(25)10-27-18)6-7-31-11-14(19(32)12-31)8-26-9-15-2-4-20-24(28-15)29-21(33)13-35-20/h2-5,10,14,19,26,32H,6-9,11-13H2,1H3,(H,28,29,33)/t14-,19+/m1/s1. The molecule has 0 radical (unpaired) electrons. The molecule has 9 nitrogen and oxygen atoms in total. The summed E-state index contributed by atoms with van der Waals surface area (Å²) in [5.41, 5.74) is 2.47. The Morgan fingerprint density at radius 2 is 2.17 bits per heavy atom. The number of hydrogen-bond donors (Lipinski definition) is 3. The molecular formula is C24H27FN6O3S. The number of carbonyl (C=O) groups is 1. The van der Waals surface area contributed by atoms with Crippen LogP contribution < -0.4 is 15.4 Å². The van der Waals surface area contributed by atoms with Gasteiger partial charge in [0.25, 0.3) is 0 Å². The van der Waals surface area contributed by atoms with Crippen molar-refractivity contribution >= 4 is 34.5 Å². The van der Waals surface area contributed by atoms with Gasteiger partial charge in [-0.2, -0.15) is 0 Å². The first-order valence-corrected chi connectivity index (χ1v) is 12.5. The van der Waals surface area contributed by atoms with E-state index in [0.29, 0.717) is 73.2 Å². The Morgan fingerprint density at radius 3 is 3.03 bits per heavy atom. The SMILES string of the molecule is COc1ccc2ncc(F)c(CCN3C[C@@H](CNCc4ccc5c(n4)NC(=O)CS5)[C@@H](O)C3)c2n1. The number of aromatic nitrogens is 3. The van der Waals surface area contributed by atoms with Crippen LogP contribution >= 0.6 is 11.8 Å². The maximum atomic E-state index is 14.6. The Balaban J connectivity index is 1.15. The van der Waals surface area contributed by atoms with Crippen LogP contribution in [-0.2, 0) is 17.8 Å². The maximum absolute atomic E-state index is 14.6. The van der Waals surface area contributed by atoms with Crippen LogP contribution in [0, 0.1) is 11.7 Å². The van der Waals surface area contributed by atoms with Crippen molar-refractivity contribution in [2.24, 2.45) is 5.92 Å². The second-order valence-electron chi connectivity index (χ2n) is 8.76. The van der Waals surface area contributed by atoms with Crippen LogP contribution in [0.4, 0.5) is 10.2 Å². The molecule has 3 aromatic rings. The third-order valence-corrected chi connectivity index (χ3v) is 7.40. The van der Waals surface area contributed by atoms with E-state index in [0.717, 1.165) is 10.6 Å². The zero-order valence-electron chi connectivity index (χ0n) is 19.3. The first kappa shape index (κ1) is 23.9. The summed E-state index contributed by atoms with van der Waals surface area (Å²) >= 11 is 1.49. The normalized spacial score (nSPS) is 20.1. The number of ether oxygens (including phenoxy) is 1. The molecule has 1 saturated heterocycles. The highest BCUT2D eigenvalue weighted by molar-refractivity contribution is 8.00. The van der Waals surface area contributed by atoms with Crippen molar-refractivity contribution in [3.63, 3.8) is 0 Å². The summed E-state index contributed by atoms with van der Waals surface area (Å²) in [5.74, 6) is 1.08. The predicted molar refractivity (Wildman–Crippen MR) is 131 cm³/mol. The lowest BCUT2D eigenvalue weighted by molar-refractivity contribution is -0.113.